The maximum absolute atomic E-state index is 2.44. The van der Waals surface area contributed by atoms with Crippen molar-refractivity contribution in [2.45, 2.75) is 117 Å². The molecule has 0 aromatic rings. The van der Waals surface area contributed by atoms with Crippen LogP contribution in [0.5, 0.6) is 0 Å². The van der Waals surface area contributed by atoms with Crippen LogP contribution in [0.25, 0.3) is 0 Å². The summed E-state index contributed by atoms with van der Waals surface area (Å²) in [6, 6.07) is 0. The van der Waals surface area contributed by atoms with Gasteiger partial charge >= 0.3 is 0 Å². The Morgan fingerprint density at radius 1 is 0.571 bits per heavy atom. The van der Waals surface area contributed by atoms with Crippen molar-refractivity contribution >= 4 is 0 Å². The zero-order valence-corrected chi connectivity index (χ0v) is 15.3. The Hall–Kier alpha value is -0.260. The van der Waals surface area contributed by atoms with E-state index in [0.29, 0.717) is 0 Å². The number of hydrogen-bond acceptors (Lipinski definition) is 0. The molecule has 126 valence electrons. The number of rotatable bonds is 16. The van der Waals surface area contributed by atoms with Gasteiger partial charge in [0.1, 0.15) is 0 Å². The Balaban J connectivity index is 3.20. The van der Waals surface area contributed by atoms with E-state index in [-0.39, 0.29) is 0 Å². The van der Waals surface area contributed by atoms with E-state index in [4.69, 9.17) is 0 Å². The maximum atomic E-state index is 2.44. The zero-order chi connectivity index (χ0) is 15.6. The minimum atomic E-state index is 0.939. The smallest absolute Gasteiger partial charge is 0.0351 e. The van der Waals surface area contributed by atoms with Gasteiger partial charge in [0.15, 0.2) is 0 Å². The lowest BCUT2D eigenvalue weighted by Gasteiger charge is -2.09. The minimum absolute atomic E-state index is 0.939. The van der Waals surface area contributed by atoms with Crippen LogP contribution in [0.2, 0.25) is 0 Å². The molecule has 0 fully saturated rings. The van der Waals surface area contributed by atoms with Gasteiger partial charge in [0.05, 0.1) is 0 Å². The van der Waals surface area contributed by atoms with Gasteiger partial charge in [0.25, 0.3) is 0 Å². The van der Waals surface area contributed by atoms with Crippen LogP contribution in [0.1, 0.15) is 117 Å². The Morgan fingerprint density at radius 3 is 1.71 bits per heavy atom. The summed E-state index contributed by atoms with van der Waals surface area (Å²) < 4.78 is 0. The van der Waals surface area contributed by atoms with Gasteiger partial charge in [-0.3, -0.25) is 0 Å². The molecule has 0 heterocycles. The molecule has 0 aromatic heterocycles. The lowest BCUT2D eigenvalue weighted by Crippen LogP contribution is -1.94. The summed E-state index contributed by atoms with van der Waals surface area (Å²) in [6.45, 7) is 7.02. The summed E-state index contributed by atoms with van der Waals surface area (Å²) in [5.41, 5.74) is 0. The van der Waals surface area contributed by atoms with Crippen LogP contribution >= 0.6 is 0 Å². The normalized spacial score (nSPS) is 13.1. The van der Waals surface area contributed by atoms with Gasteiger partial charge < -0.3 is 0 Å². The fraction of sp³-hybridized carbons (Fsp3) is 0.905. The second-order valence-electron chi connectivity index (χ2n) is 6.91. The van der Waals surface area contributed by atoms with Crippen LogP contribution in [0.3, 0.4) is 0 Å². The van der Waals surface area contributed by atoms with Gasteiger partial charge in [-0.15, -0.1) is 0 Å². The zero-order valence-electron chi connectivity index (χ0n) is 15.3. The molecule has 0 spiro atoms. The van der Waals surface area contributed by atoms with E-state index in [1.807, 2.05) is 0 Å². The Bertz CT molecular complexity index is 204. The lowest BCUT2D eigenvalue weighted by atomic mass is 9.97. The fourth-order valence-corrected chi connectivity index (χ4v) is 2.93. The summed E-state index contributed by atoms with van der Waals surface area (Å²) in [7, 11) is 0. The van der Waals surface area contributed by atoms with Gasteiger partial charge in [-0.2, -0.15) is 0 Å². The second kappa shape index (κ2) is 17.8. The van der Waals surface area contributed by atoms with Gasteiger partial charge in [-0.05, 0) is 31.6 Å². The highest BCUT2D eigenvalue weighted by Gasteiger charge is 2.00. The van der Waals surface area contributed by atoms with Crippen molar-refractivity contribution in [1.29, 1.82) is 0 Å². The molecule has 0 nitrogen and oxygen atoms in total. The van der Waals surface area contributed by atoms with Crippen LogP contribution < -0.4 is 0 Å². The highest BCUT2D eigenvalue weighted by Crippen LogP contribution is 2.16. The Kier molecular flexibility index (Phi) is 17.6. The molecular weight excluding hydrogens is 252 g/mol. The molecular formula is C21H42. The predicted octanol–water partition coefficient (Wildman–Crippen LogP) is 8.07. The first-order valence-corrected chi connectivity index (χ1v) is 9.96. The highest BCUT2D eigenvalue weighted by molar-refractivity contribution is 4.81. The molecule has 0 aliphatic heterocycles. The van der Waals surface area contributed by atoms with Crippen molar-refractivity contribution < 1.29 is 0 Å². The van der Waals surface area contributed by atoms with E-state index in [9.17, 15) is 0 Å². The molecule has 0 saturated heterocycles. The molecule has 0 aliphatic rings. The van der Waals surface area contributed by atoms with E-state index in [0.717, 1.165) is 5.92 Å². The summed E-state index contributed by atoms with van der Waals surface area (Å²) in [5, 5.41) is 0. The standard InChI is InChI=1S/C21H42/c1-4-6-8-10-11-12-13-14-15-16-18-20-21(3)19-17-9-7-5-2/h14-15,21H,4-13,16-20H2,1-3H3/b15-14+. The van der Waals surface area contributed by atoms with Crippen LogP contribution in [0, 0.1) is 5.92 Å². The third kappa shape index (κ3) is 17.7. The van der Waals surface area contributed by atoms with E-state index in [2.05, 4.69) is 32.9 Å². The fourth-order valence-electron chi connectivity index (χ4n) is 2.93. The van der Waals surface area contributed by atoms with E-state index in [1.54, 1.807) is 0 Å². The molecule has 1 unspecified atom stereocenters. The summed E-state index contributed by atoms with van der Waals surface area (Å²) >= 11 is 0. The molecule has 0 bridgehead atoms. The second-order valence-corrected chi connectivity index (χ2v) is 6.91. The molecule has 0 aliphatic carbocycles. The third-order valence-corrected chi connectivity index (χ3v) is 4.51. The highest BCUT2D eigenvalue weighted by atomic mass is 14.1. The van der Waals surface area contributed by atoms with E-state index in [1.165, 1.54) is 96.3 Å². The van der Waals surface area contributed by atoms with Crippen molar-refractivity contribution in [3.8, 4) is 0 Å². The monoisotopic (exact) mass is 294 g/mol. The quantitative estimate of drug-likeness (QED) is 0.199. The SMILES string of the molecule is CCCCCCCC/C=C/CCCC(C)CCCCCC. The van der Waals surface area contributed by atoms with Gasteiger partial charge in [-0.25, -0.2) is 0 Å². The van der Waals surface area contributed by atoms with Gasteiger partial charge in [0, 0.05) is 0 Å². The van der Waals surface area contributed by atoms with Crippen LogP contribution in [0.15, 0.2) is 12.2 Å². The van der Waals surface area contributed by atoms with Crippen LogP contribution in [-0.4, -0.2) is 0 Å². The molecule has 21 heavy (non-hydrogen) atoms. The average molecular weight is 295 g/mol. The predicted molar refractivity (Wildman–Crippen MR) is 98.9 cm³/mol. The molecule has 0 radical (unpaired) electrons. The van der Waals surface area contributed by atoms with E-state index < -0.39 is 0 Å². The minimum Gasteiger partial charge on any atom is -0.0885 e. The summed E-state index contributed by atoms with van der Waals surface area (Å²) in [6.07, 6.45) is 25.9. The number of unbranched alkanes of at least 4 members (excludes halogenated alkanes) is 10. The van der Waals surface area contributed by atoms with Crippen molar-refractivity contribution in [1.82, 2.24) is 0 Å². The first kappa shape index (κ1) is 20.7. The topological polar surface area (TPSA) is 0 Å². The average Bonchev–Trinajstić information content (AvgIpc) is 2.49. The molecule has 0 heteroatoms. The van der Waals surface area contributed by atoms with Crippen molar-refractivity contribution in [3.63, 3.8) is 0 Å². The van der Waals surface area contributed by atoms with Crippen molar-refractivity contribution in [3.05, 3.63) is 12.2 Å². The van der Waals surface area contributed by atoms with Crippen molar-refractivity contribution in [2.75, 3.05) is 0 Å². The van der Waals surface area contributed by atoms with Gasteiger partial charge in [-0.1, -0.05) is 104 Å². The molecule has 1 atom stereocenters. The number of hydrogen-bond donors (Lipinski definition) is 0. The molecule has 0 N–H and O–H groups in total. The first-order chi connectivity index (χ1) is 10.3. The lowest BCUT2D eigenvalue weighted by molar-refractivity contribution is 0.448. The van der Waals surface area contributed by atoms with Gasteiger partial charge in [0.2, 0.25) is 0 Å². The molecule has 0 rings (SSSR count). The first-order valence-electron chi connectivity index (χ1n) is 9.96. The molecule has 0 amide bonds. The van der Waals surface area contributed by atoms with Crippen LogP contribution in [-0.2, 0) is 0 Å². The van der Waals surface area contributed by atoms with Crippen molar-refractivity contribution in [2.24, 2.45) is 5.92 Å². The molecule has 0 saturated carbocycles. The number of allylic oxidation sites excluding steroid dienone is 2. The maximum Gasteiger partial charge on any atom is -0.0351 e. The largest absolute Gasteiger partial charge is 0.0885 e. The van der Waals surface area contributed by atoms with Crippen LogP contribution in [0.4, 0.5) is 0 Å². The summed E-state index contributed by atoms with van der Waals surface area (Å²) in [5.74, 6) is 0.939. The third-order valence-electron chi connectivity index (χ3n) is 4.51. The molecule has 0 aromatic carbocycles. The Morgan fingerprint density at radius 2 is 1.05 bits per heavy atom. The summed E-state index contributed by atoms with van der Waals surface area (Å²) in [4.78, 5) is 0. The Labute approximate surface area is 135 Å². The van der Waals surface area contributed by atoms with E-state index >= 15 is 0 Å².